The minimum absolute atomic E-state index is 0.0377. The van der Waals surface area contributed by atoms with Crippen molar-refractivity contribution in [2.45, 2.75) is 13.5 Å². The fraction of sp³-hybridized carbons (Fsp3) is 0.227. The van der Waals surface area contributed by atoms with E-state index in [1.54, 1.807) is 48.5 Å². The molecule has 0 unspecified atom stereocenters. The average Bonchev–Trinajstić information content (AvgIpc) is 3.07. The van der Waals surface area contributed by atoms with Gasteiger partial charge >= 0.3 is 5.97 Å². The zero-order valence-electron chi connectivity index (χ0n) is 17.6. The molecule has 0 aliphatic heterocycles. The summed E-state index contributed by atoms with van der Waals surface area (Å²) in [5.74, 6) is -1.41. The van der Waals surface area contributed by atoms with Crippen molar-refractivity contribution >= 4 is 34.4 Å². The SMILES string of the molecule is CCOc1ccc(C(=O)NCC(=O)N=Nc2c(O)n(CC(=O)OC)c3ccccc23)cc1. The Bertz CT molecular complexity index is 1170. The van der Waals surface area contributed by atoms with Crippen LogP contribution in [-0.4, -0.2) is 47.7 Å². The first-order valence-corrected chi connectivity index (χ1v) is 9.77. The molecule has 0 saturated heterocycles. The molecule has 0 fully saturated rings. The molecule has 0 spiro atoms. The highest BCUT2D eigenvalue weighted by molar-refractivity contribution is 5.97. The Balaban J connectivity index is 1.69. The van der Waals surface area contributed by atoms with Crippen molar-refractivity contribution < 1.29 is 29.0 Å². The van der Waals surface area contributed by atoms with Gasteiger partial charge in [0.25, 0.3) is 11.8 Å². The number of carbonyl (C=O) groups excluding carboxylic acids is 3. The lowest BCUT2D eigenvalue weighted by atomic mass is 10.2. The van der Waals surface area contributed by atoms with Gasteiger partial charge in [-0.1, -0.05) is 18.2 Å². The van der Waals surface area contributed by atoms with Gasteiger partial charge in [0.2, 0.25) is 5.88 Å². The molecule has 0 aliphatic rings. The lowest BCUT2D eigenvalue weighted by Gasteiger charge is -2.05. The van der Waals surface area contributed by atoms with Crippen LogP contribution in [-0.2, 0) is 20.9 Å². The molecule has 2 aromatic carbocycles. The molecule has 0 radical (unpaired) electrons. The lowest BCUT2D eigenvalue weighted by molar-refractivity contribution is -0.141. The van der Waals surface area contributed by atoms with Crippen molar-refractivity contribution in [2.75, 3.05) is 20.3 Å². The maximum Gasteiger partial charge on any atom is 0.325 e. The third-order valence-corrected chi connectivity index (χ3v) is 4.52. The third kappa shape index (κ3) is 5.09. The van der Waals surface area contributed by atoms with Crippen LogP contribution in [0, 0.1) is 0 Å². The number of nitrogens with one attached hydrogen (secondary N) is 1. The standard InChI is InChI=1S/C22H22N4O6/c1-3-32-15-10-8-14(9-11-15)21(29)23-12-18(27)24-25-20-16-6-4-5-7-17(16)26(22(20)30)13-19(28)31-2/h4-11,30H,3,12-13H2,1-2H3,(H,23,29). The fourth-order valence-corrected chi connectivity index (χ4v) is 2.99. The number of amides is 2. The Morgan fingerprint density at radius 2 is 1.81 bits per heavy atom. The Morgan fingerprint density at radius 3 is 2.50 bits per heavy atom. The van der Waals surface area contributed by atoms with Crippen molar-refractivity contribution in [1.82, 2.24) is 9.88 Å². The molecule has 0 bridgehead atoms. The monoisotopic (exact) mass is 438 g/mol. The van der Waals surface area contributed by atoms with Gasteiger partial charge in [-0.25, -0.2) is 0 Å². The summed E-state index contributed by atoms with van der Waals surface area (Å²) < 4.78 is 11.3. The van der Waals surface area contributed by atoms with E-state index >= 15 is 0 Å². The van der Waals surface area contributed by atoms with Crippen LogP contribution in [0.2, 0.25) is 0 Å². The van der Waals surface area contributed by atoms with Gasteiger partial charge in [-0.3, -0.25) is 19.0 Å². The summed E-state index contributed by atoms with van der Waals surface area (Å²) in [5.41, 5.74) is 0.929. The zero-order chi connectivity index (χ0) is 23.1. The van der Waals surface area contributed by atoms with Gasteiger partial charge in [0.1, 0.15) is 18.8 Å². The molecule has 2 N–H and O–H groups in total. The smallest absolute Gasteiger partial charge is 0.325 e. The first kappa shape index (κ1) is 22.5. The first-order valence-electron chi connectivity index (χ1n) is 9.77. The Labute approximate surface area is 183 Å². The molecule has 32 heavy (non-hydrogen) atoms. The highest BCUT2D eigenvalue weighted by atomic mass is 16.5. The number of benzene rings is 2. The summed E-state index contributed by atoms with van der Waals surface area (Å²) in [6.45, 7) is 1.76. The molecule has 1 aromatic heterocycles. The molecule has 3 rings (SSSR count). The van der Waals surface area contributed by atoms with E-state index in [0.717, 1.165) is 0 Å². The Hall–Kier alpha value is -4.21. The molecule has 0 atom stereocenters. The van der Waals surface area contributed by atoms with Crippen LogP contribution in [0.25, 0.3) is 10.9 Å². The van der Waals surface area contributed by atoms with Crippen molar-refractivity contribution in [1.29, 1.82) is 0 Å². The second kappa shape index (κ2) is 10.2. The molecule has 10 nitrogen and oxygen atoms in total. The van der Waals surface area contributed by atoms with Crippen molar-refractivity contribution in [3.05, 3.63) is 54.1 Å². The van der Waals surface area contributed by atoms with E-state index < -0.39 is 17.8 Å². The van der Waals surface area contributed by atoms with E-state index in [2.05, 4.69) is 20.3 Å². The van der Waals surface area contributed by atoms with Crippen molar-refractivity contribution in [3.63, 3.8) is 0 Å². The van der Waals surface area contributed by atoms with Crippen LogP contribution in [0.5, 0.6) is 11.6 Å². The predicted octanol–water partition coefficient (Wildman–Crippen LogP) is 2.96. The minimum Gasteiger partial charge on any atom is -0.494 e. The highest BCUT2D eigenvalue weighted by Crippen LogP contribution is 2.38. The number of aromatic nitrogens is 1. The van der Waals surface area contributed by atoms with Gasteiger partial charge in [-0.15, -0.1) is 10.2 Å². The number of carbonyl (C=O) groups is 3. The molecule has 3 aromatic rings. The van der Waals surface area contributed by atoms with E-state index in [9.17, 15) is 19.5 Å². The maximum absolute atomic E-state index is 12.2. The quantitative estimate of drug-likeness (QED) is 0.411. The van der Waals surface area contributed by atoms with Crippen LogP contribution < -0.4 is 10.1 Å². The zero-order valence-corrected chi connectivity index (χ0v) is 17.6. The summed E-state index contributed by atoms with van der Waals surface area (Å²) in [7, 11) is 1.24. The van der Waals surface area contributed by atoms with Crippen LogP contribution in [0.15, 0.2) is 58.8 Å². The van der Waals surface area contributed by atoms with Crippen LogP contribution >= 0.6 is 0 Å². The van der Waals surface area contributed by atoms with Crippen LogP contribution in [0.4, 0.5) is 5.69 Å². The van der Waals surface area contributed by atoms with E-state index in [0.29, 0.717) is 28.8 Å². The van der Waals surface area contributed by atoms with E-state index in [4.69, 9.17) is 4.74 Å². The topological polar surface area (TPSA) is 132 Å². The normalized spacial score (nSPS) is 10.9. The number of nitrogens with zero attached hydrogens (tertiary/aromatic N) is 3. The lowest BCUT2D eigenvalue weighted by Crippen LogP contribution is -2.28. The van der Waals surface area contributed by atoms with Crippen LogP contribution in [0.3, 0.4) is 0 Å². The van der Waals surface area contributed by atoms with Gasteiger partial charge in [0.05, 0.1) is 19.2 Å². The molecule has 166 valence electrons. The van der Waals surface area contributed by atoms with Gasteiger partial charge in [-0.05, 0) is 37.3 Å². The molecule has 0 saturated carbocycles. The number of aromatic hydroxyl groups is 1. The van der Waals surface area contributed by atoms with Gasteiger partial charge in [0, 0.05) is 10.9 Å². The van der Waals surface area contributed by atoms with Crippen molar-refractivity contribution in [3.8, 4) is 11.6 Å². The summed E-state index contributed by atoms with van der Waals surface area (Å²) in [5, 5.41) is 20.9. The second-order valence-corrected chi connectivity index (χ2v) is 6.59. The number of ether oxygens (including phenoxy) is 2. The molecule has 2 amide bonds. The summed E-state index contributed by atoms with van der Waals surface area (Å²) in [6, 6.07) is 13.3. The predicted molar refractivity (Wildman–Crippen MR) is 115 cm³/mol. The summed E-state index contributed by atoms with van der Waals surface area (Å²) >= 11 is 0. The number of hydrogen-bond acceptors (Lipinski definition) is 7. The Kier molecular flexibility index (Phi) is 7.17. The fourth-order valence-electron chi connectivity index (χ4n) is 2.99. The third-order valence-electron chi connectivity index (χ3n) is 4.52. The van der Waals surface area contributed by atoms with E-state index in [1.807, 2.05) is 6.92 Å². The number of methoxy groups -OCH3 is 1. The van der Waals surface area contributed by atoms with E-state index in [-0.39, 0.29) is 24.7 Å². The molecule has 10 heteroatoms. The Morgan fingerprint density at radius 1 is 1.09 bits per heavy atom. The molecule has 1 heterocycles. The molecular weight excluding hydrogens is 416 g/mol. The first-order chi connectivity index (χ1) is 15.4. The largest absolute Gasteiger partial charge is 0.494 e. The molecular formula is C22H22N4O6. The summed E-state index contributed by atoms with van der Waals surface area (Å²) in [6.07, 6.45) is 0. The number of esters is 1. The number of para-hydroxylation sites is 1. The number of hydrogen-bond donors (Lipinski definition) is 2. The number of rotatable bonds is 8. The van der Waals surface area contributed by atoms with Gasteiger partial charge in [-0.2, -0.15) is 0 Å². The minimum atomic E-state index is -0.714. The van der Waals surface area contributed by atoms with E-state index in [1.165, 1.54) is 11.7 Å². The molecule has 0 aliphatic carbocycles. The second-order valence-electron chi connectivity index (χ2n) is 6.59. The van der Waals surface area contributed by atoms with Crippen molar-refractivity contribution in [2.24, 2.45) is 10.2 Å². The van der Waals surface area contributed by atoms with Gasteiger partial charge in [0.15, 0.2) is 5.69 Å². The maximum atomic E-state index is 12.2. The van der Waals surface area contributed by atoms with Gasteiger partial charge < -0.3 is 19.9 Å². The van der Waals surface area contributed by atoms with Crippen LogP contribution in [0.1, 0.15) is 17.3 Å². The average molecular weight is 438 g/mol. The summed E-state index contributed by atoms with van der Waals surface area (Å²) in [4.78, 5) is 36.0. The highest BCUT2D eigenvalue weighted by Gasteiger charge is 2.19. The number of fused-ring (bicyclic) bond motifs is 1. The number of azo groups is 1.